The van der Waals surface area contributed by atoms with Gasteiger partial charge >= 0.3 is 6.03 Å². The molecule has 2 aliphatic rings. The number of ether oxygens (including phenoxy) is 2. The van der Waals surface area contributed by atoms with Gasteiger partial charge in [-0.05, 0) is 57.0 Å². The Kier molecular flexibility index (Phi) is 3.83. The minimum atomic E-state index is -0.769. The Labute approximate surface area is 153 Å². The molecular weight excluding hydrogens is 328 g/mol. The monoisotopic (exact) mass is 352 g/mol. The van der Waals surface area contributed by atoms with Crippen LogP contribution in [0.2, 0.25) is 0 Å². The van der Waals surface area contributed by atoms with Gasteiger partial charge in [-0.2, -0.15) is 0 Å². The van der Waals surface area contributed by atoms with Crippen molar-refractivity contribution in [2.24, 2.45) is 0 Å². The second-order valence-corrected chi connectivity index (χ2v) is 7.19. The Bertz CT molecular complexity index is 880. The van der Waals surface area contributed by atoms with Gasteiger partial charge in [-0.3, -0.25) is 4.90 Å². The lowest BCUT2D eigenvalue weighted by Gasteiger charge is -2.50. The zero-order valence-electron chi connectivity index (χ0n) is 15.6. The average Bonchev–Trinajstić information content (AvgIpc) is 2.58. The van der Waals surface area contributed by atoms with Crippen LogP contribution in [0.25, 0.3) is 0 Å². The molecule has 1 fully saturated rings. The van der Waals surface area contributed by atoms with Crippen LogP contribution in [0.15, 0.2) is 36.4 Å². The molecule has 4 rings (SSSR count). The third-order valence-corrected chi connectivity index (χ3v) is 5.31. The summed E-state index contributed by atoms with van der Waals surface area (Å²) in [5.41, 5.74) is 3.38. The highest BCUT2D eigenvalue weighted by molar-refractivity contribution is 5.95. The van der Waals surface area contributed by atoms with Gasteiger partial charge in [-0.1, -0.05) is 18.2 Å². The fraction of sp³-hybridized carbons (Fsp3) is 0.381. The van der Waals surface area contributed by atoms with Crippen LogP contribution in [0.1, 0.15) is 43.0 Å². The van der Waals surface area contributed by atoms with E-state index in [9.17, 15) is 4.79 Å². The molecule has 26 heavy (non-hydrogen) atoms. The Morgan fingerprint density at radius 2 is 2.08 bits per heavy atom. The third kappa shape index (κ3) is 2.50. The summed E-state index contributed by atoms with van der Waals surface area (Å²) < 4.78 is 12.2. The number of carbonyl (C=O) groups excluding carboxylic acids is 1. The number of anilines is 1. The lowest BCUT2D eigenvalue weighted by Crippen LogP contribution is -2.65. The fourth-order valence-corrected chi connectivity index (χ4v) is 3.88. The van der Waals surface area contributed by atoms with Crippen molar-refractivity contribution in [1.82, 2.24) is 5.32 Å². The molecule has 0 saturated carbocycles. The van der Waals surface area contributed by atoms with Gasteiger partial charge in [-0.15, -0.1) is 0 Å². The van der Waals surface area contributed by atoms with Crippen LogP contribution in [0.3, 0.4) is 0 Å². The highest BCUT2D eigenvalue weighted by atomic mass is 16.5. The fourth-order valence-electron chi connectivity index (χ4n) is 3.88. The molecule has 5 nitrogen and oxygen atoms in total. The number of rotatable bonds is 3. The van der Waals surface area contributed by atoms with Crippen molar-refractivity contribution in [2.75, 3.05) is 11.5 Å². The van der Waals surface area contributed by atoms with Gasteiger partial charge in [0.25, 0.3) is 0 Å². The van der Waals surface area contributed by atoms with Crippen LogP contribution < -0.4 is 19.7 Å². The molecule has 1 saturated heterocycles. The molecule has 0 aliphatic carbocycles. The van der Waals surface area contributed by atoms with Gasteiger partial charge in [0.2, 0.25) is 0 Å². The molecule has 0 spiro atoms. The lowest BCUT2D eigenvalue weighted by atomic mass is 9.89. The number of fused-ring (bicyclic) bond motifs is 4. The SMILES string of the molecule is CCOc1cccc2c1O[C@@]1(C)C[C@@H]2NC(=O)N1c1ccc(C)c(C)c1. The number of urea groups is 1. The van der Waals surface area contributed by atoms with Crippen molar-refractivity contribution in [2.45, 2.75) is 45.9 Å². The highest BCUT2D eigenvalue weighted by Gasteiger charge is 2.50. The maximum absolute atomic E-state index is 12.9. The Balaban J connectivity index is 1.80. The van der Waals surface area contributed by atoms with Crippen LogP contribution in [-0.2, 0) is 0 Å². The lowest BCUT2D eigenvalue weighted by molar-refractivity contribution is 0.0343. The smallest absolute Gasteiger partial charge is 0.325 e. The van der Waals surface area contributed by atoms with E-state index < -0.39 is 5.72 Å². The number of hydrogen-bond acceptors (Lipinski definition) is 3. The molecule has 1 N–H and O–H groups in total. The van der Waals surface area contributed by atoms with Crippen LogP contribution >= 0.6 is 0 Å². The van der Waals surface area contributed by atoms with Gasteiger partial charge in [-0.25, -0.2) is 4.79 Å². The molecule has 136 valence electrons. The number of hydrogen-bond donors (Lipinski definition) is 1. The molecule has 2 heterocycles. The number of nitrogens with zero attached hydrogens (tertiary/aromatic N) is 1. The molecule has 0 aromatic heterocycles. The van der Waals surface area contributed by atoms with E-state index in [1.165, 1.54) is 5.56 Å². The summed E-state index contributed by atoms with van der Waals surface area (Å²) in [6, 6.07) is 11.7. The minimum Gasteiger partial charge on any atom is -0.490 e. The number of para-hydroxylation sites is 1. The maximum Gasteiger partial charge on any atom is 0.325 e. The summed E-state index contributed by atoms with van der Waals surface area (Å²) in [6.07, 6.45) is 0.675. The van der Waals surface area contributed by atoms with Crippen molar-refractivity contribution in [3.05, 3.63) is 53.1 Å². The Morgan fingerprint density at radius 3 is 2.81 bits per heavy atom. The van der Waals surface area contributed by atoms with Crippen molar-refractivity contribution in [1.29, 1.82) is 0 Å². The summed E-state index contributed by atoms with van der Waals surface area (Å²) in [7, 11) is 0. The van der Waals surface area contributed by atoms with E-state index >= 15 is 0 Å². The predicted molar refractivity (Wildman–Crippen MR) is 101 cm³/mol. The molecule has 2 amide bonds. The van der Waals surface area contributed by atoms with E-state index in [4.69, 9.17) is 9.47 Å². The largest absolute Gasteiger partial charge is 0.490 e. The maximum atomic E-state index is 12.9. The number of benzene rings is 2. The Morgan fingerprint density at radius 1 is 1.27 bits per heavy atom. The number of nitrogens with one attached hydrogen (secondary N) is 1. The minimum absolute atomic E-state index is 0.0838. The van der Waals surface area contributed by atoms with Crippen molar-refractivity contribution in [3.63, 3.8) is 0 Å². The molecule has 0 unspecified atom stereocenters. The molecule has 2 atom stereocenters. The molecular formula is C21H24N2O3. The summed E-state index contributed by atoms with van der Waals surface area (Å²) in [5, 5.41) is 3.13. The quantitative estimate of drug-likeness (QED) is 0.886. The Hall–Kier alpha value is -2.69. The third-order valence-electron chi connectivity index (χ3n) is 5.31. The summed E-state index contributed by atoms with van der Waals surface area (Å²) in [4.78, 5) is 14.7. The van der Waals surface area contributed by atoms with Crippen molar-refractivity contribution in [3.8, 4) is 11.5 Å². The van der Waals surface area contributed by atoms with Crippen LogP contribution in [0.4, 0.5) is 10.5 Å². The van der Waals surface area contributed by atoms with Gasteiger partial charge in [0, 0.05) is 17.7 Å². The number of aryl methyl sites for hydroxylation is 2. The number of carbonyl (C=O) groups is 1. The van der Waals surface area contributed by atoms with Crippen molar-refractivity contribution < 1.29 is 14.3 Å². The van der Waals surface area contributed by atoms with Gasteiger partial charge in [0.1, 0.15) is 0 Å². The van der Waals surface area contributed by atoms with Crippen LogP contribution in [-0.4, -0.2) is 18.4 Å². The van der Waals surface area contributed by atoms with E-state index in [0.29, 0.717) is 13.0 Å². The van der Waals surface area contributed by atoms with Crippen LogP contribution in [0.5, 0.6) is 11.5 Å². The predicted octanol–water partition coefficient (Wildman–Crippen LogP) is 4.47. The van der Waals surface area contributed by atoms with Gasteiger partial charge in [0.05, 0.1) is 12.6 Å². The molecule has 0 radical (unpaired) electrons. The topological polar surface area (TPSA) is 50.8 Å². The van der Waals surface area contributed by atoms with Crippen LogP contribution in [0, 0.1) is 13.8 Å². The zero-order valence-corrected chi connectivity index (χ0v) is 15.6. The standard InChI is InChI=1S/C21H24N2O3/c1-5-25-18-8-6-7-16-17-12-21(4,26-19(16)18)23(20(24)22-17)15-10-9-13(2)14(3)11-15/h6-11,17H,5,12H2,1-4H3,(H,22,24)/t17-,21-/m0/s1. The van der Waals surface area contributed by atoms with Gasteiger partial charge in [0.15, 0.2) is 17.2 Å². The second kappa shape index (κ2) is 5.94. The first-order valence-electron chi connectivity index (χ1n) is 9.05. The zero-order chi connectivity index (χ0) is 18.5. The summed E-state index contributed by atoms with van der Waals surface area (Å²) in [5.74, 6) is 1.44. The molecule has 2 aromatic rings. The van der Waals surface area contributed by atoms with Crippen molar-refractivity contribution >= 4 is 11.7 Å². The first-order valence-corrected chi connectivity index (χ1v) is 9.05. The van der Waals surface area contributed by atoms with E-state index in [0.717, 1.165) is 28.3 Å². The molecule has 2 aromatic carbocycles. The van der Waals surface area contributed by atoms with E-state index in [-0.39, 0.29) is 12.1 Å². The van der Waals surface area contributed by atoms with E-state index in [2.05, 4.69) is 19.2 Å². The normalized spacial score (nSPS) is 23.8. The first-order chi connectivity index (χ1) is 12.4. The molecule has 2 aliphatic heterocycles. The molecule has 5 heteroatoms. The second-order valence-electron chi connectivity index (χ2n) is 7.19. The summed E-state index contributed by atoms with van der Waals surface area (Å²) in [6.45, 7) is 8.60. The highest BCUT2D eigenvalue weighted by Crippen LogP contribution is 2.49. The van der Waals surface area contributed by atoms with Gasteiger partial charge < -0.3 is 14.8 Å². The van der Waals surface area contributed by atoms with E-state index in [1.807, 2.05) is 50.2 Å². The average molecular weight is 352 g/mol. The first kappa shape index (κ1) is 16.8. The number of amides is 2. The summed E-state index contributed by atoms with van der Waals surface area (Å²) >= 11 is 0. The molecule has 2 bridgehead atoms. The van der Waals surface area contributed by atoms with E-state index in [1.54, 1.807) is 4.90 Å².